The van der Waals surface area contributed by atoms with Crippen molar-refractivity contribution < 1.29 is 14.3 Å². The molecule has 3 aromatic rings. The average molecular weight is 501 g/mol. The first-order valence-corrected chi connectivity index (χ1v) is 12.5. The van der Waals surface area contributed by atoms with E-state index >= 15 is 0 Å². The molecule has 1 saturated heterocycles. The van der Waals surface area contributed by atoms with Gasteiger partial charge in [-0.15, -0.1) is 0 Å². The number of nitrogens with one attached hydrogen (secondary N) is 2. The molecule has 3 aromatic carbocycles. The van der Waals surface area contributed by atoms with Gasteiger partial charge in [-0.05, 0) is 61.2 Å². The maximum absolute atomic E-state index is 12.7. The number of carbonyl (C=O) groups excluding carboxylic acids is 2. The molecule has 9 heteroatoms. The van der Waals surface area contributed by atoms with E-state index in [0.29, 0.717) is 49.6 Å². The predicted octanol–water partition coefficient (Wildman–Crippen LogP) is 4.28. The minimum atomic E-state index is -0.314. The minimum Gasteiger partial charge on any atom is -0.761 e. The number of nitrogen functional groups attached to an aromatic ring is 1. The van der Waals surface area contributed by atoms with Crippen LogP contribution >= 0.6 is 0 Å². The fraction of sp³-hybridized carbons (Fsp3) is 0.286. The van der Waals surface area contributed by atoms with E-state index in [0.717, 1.165) is 35.3 Å². The second-order valence-electron chi connectivity index (χ2n) is 9.35. The standard InChI is InChI=1S/C28H30N5O4/c29-22-8-5-19(6-9-22)11-14-30-27(34)20-7-10-26(24(17-20)31-36)32-15-12-23(13-16-32)33-25-4-2-1-3-21(25)18-37-28(33)35/h1-10,17,23,31H,11-16,18,29H2,(H,30,34)/q-1. The Labute approximate surface area is 215 Å². The summed E-state index contributed by atoms with van der Waals surface area (Å²) >= 11 is 0. The molecule has 192 valence electrons. The Kier molecular flexibility index (Phi) is 7.14. The number of anilines is 4. The summed E-state index contributed by atoms with van der Waals surface area (Å²) in [6.07, 6.45) is 1.83. The van der Waals surface area contributed by atoms with E-state index in [4.69, 9.17) is 10.5 Å². The summed E-state index contributed by atoms with van der Waals surface area (Å²) < 4.78 is 5.39. The number of piperidine rings is 1. The summed E-state index contributed by atoms with van der Waals surface area (Å²) in [5, 5.41) is 14.7. The zero-order chi connectivity index (χ0) is 25.8. The van der Waals surface area contributed by atoms with Crippen LogP contribution in [0, 0.1) is 5.21 Å². The fourth-order valence-electron chi connectivity index (χ4n) is 5.03. The molecule has 1 fully saturated rings. The van der Waals surface area contributed by atoms with Gasteiger partial charge in [0.15, 0.2) is 0 Å². The average Bonchev–Trinajstić information content (AvgIpc) is 2.94. The number of cyclic esters (lactones) is 1. The van der Waals surface area contributed by atoms with Crippen LogP contribution in [0.1, 0.15) is 34.3 Å². The summed E-state index contributed by atoms with van der Waals surface area (Å²) in [6.45, 7) is 2.10. The Balaban J connectivity index is 1.20. The van der Waals surface area contributed by atoms with Crippen LogP contribution in [-0.4, -0.2) is 37.7 Å². The van der Waals surface area contributed by atoms with Crippen molar-refractivity contribution in [3.63, 3.8) is 0 Å². The Hall–Kier alpha value is -4.24. The molecule has 0 bridgehead atoms. The quantitative estimate of drug-likeness (QED) is 0.327. The summed E-state index contributed by atoms with van der Waals surface area (Å²) in [6, 6.07) is 20.5. The molecule has 0 radical (unpaired) electrons. The van der Waals surface area contributed by atoms with Gasteiger partial charge in [0.2, 0.25) is 0 Å². The van der Waals surface area contributed by atoms with Crippen molar-refractivity contribution in [2.45, 2.75) is 31.9 Å². The third-order valence-corrected chi connectivity index (χ3v) is 7.02. The van der Waals surface area contributed by atoms with Crippen molar-refractivity contribution in [2.24, 2.45) is 0 Å². The lowest BCUT2D eigenvalue weighted by molar-refractivity contribution is 0.0954. The number of para-hydroxylation sites is 1. The molecule has 2 amide bonds. The Morgan fingerprint density at radius 2 is 1.78 bits per heavy atom. The highest BCUT2D eigenvalue weighted by Gasteiger charge is 2.34. The highest BCUT2D eigenvalue weighted by Crippen LogP contribution is 2.34. The molecule has 9 nitrogen and oxygen atoms in total. The van der Waals surface area contributed by atoms with Gasteiger partial charge in [-0.2, -0.15) is 0 Å². The van der Waals surface area contributed by atoms with Crippen LogP contribution < -0.4 is 26.3 Å². The minimum absolute atomic E-state index is 0.0139. The van der Waals surface area contributed by atoms with Gasteiger partial charge in [-0.1, -0.05) is 30.3 Å². The van der Waals surface area contributed by atoms with Crippen molar-refractivity contribution in [1.29, 1.82) is 0 Å². The molecule has 2 aliphatic heterocycles. The Morgan fingerprint density at radius 3 is 2.54 bits per heavy atom. The van der Waals surface area contributed by atoms with Gasteiger partial charge in [0.1, 0.15) is 6.61 Å². The summed E-state index contributed by atoms with van der Waals surface area (Å²) in [5.41, 5.74) is 12.9. The number of benzene rings is 3. The number of hydrogen-bond donors (Lipinski definition) is 3. The lowest BCUT2D eigenvalue weighted by atomic mass is 9.99. The number of carbonyl (C=O) groups is 2. The highest BCUT2D eigenvalue weighted by atomic mass is 16.6. The molecule has 4 N–H and O–H groups in total. The number of rotatable bonds is 7. The first-order chi connectivity index (χ1) is 18.0. The number of nitrogens with zero attached hydrogens (tertiary/aromatic N) is 2. The maximum atomic E-state index is 12.7. The van der Waals surface area contributed by atoms with Crippen molar-refractivity contribution >= 4 is 34.7 Å². The molecule has 0 saturated carbocycles. The van der Waals surface area contributed by atoms with Crippen LogP contribution in [0.25, 0.3) is 0 Å². The monoisotopic (exact) mass is 500 g/mol. The lowest BCUT2D eigenvalue weighted by Gasteiger charge is -2.41. The summed E-state index contributed by atoms with van der Waals surface area (Å²) in [4.78, 5) is 29.1. The zero-order valence-electron chi connectivity index (χ0n) is 20.5. The van der Waals surface area contributed by atoms with Crippen LogP contribution in [0.4, 0.5) is 27.5 Å². The molecule has 5 rings (SSSR count). The number of hydrogen-bond acceptors (Lipinski definition) is 7. The van der Waals surface area contributed by atoms with Gasteiger partial charge >= 0.3 is 6.09 Å². The summed E-state index contributed by atoms with van der Waals surface area (Å²) in [5.74, 6) is -0.237. The van der Waals surface area contributed by atoms with Crippen molar-refractivity contribution in [2.75, 3.05) is 40.6 Å². The Morgan fingerprint density at radius 1 is 1.03 bits per heavy atom. The van der Waals surface area contributed by atoms with Crippen LogP contribution in [-0.2, 0) is 17.8 Å². The van der Waals surface area contributed by atoms with Crippen LogP contribution in [0.2, 0.25) is 0 Å². The van der Waals surface area contributed by atoms with Crippen molar-refractivity contribution in [1.82, 2.24) is 5.32 Å². The molecule has 0 aromatic heterocycles. The topological polar surface area (TPSA) is 123 Å². The van der Waals surface area contributed by atoms with Gasteiger partial charge < -0.3 is 31.4 Å². The second-order valence-corrected chi connectivity index (χ2v) is 9.35. The predicted molar refractivity (Wildman–Crippen MR) is 145 cm³/mol. The van der Waals surface area contributed by atoms with E-state index in [1.165, 1.54) is 0 Å². The van der Waals surface area contributed by atoms with Crippen LogP contribution in [0.3, 0.4) is 0 Å². The molecule has 0 spiro atoms. The second kappa shape index (κ2) is 10.8. The first kappa shape index (κ1) is 24.5. The number of fused-ring (bicyclic) bond motifs is 1. The van der Waals surface area contributed by atoms with Gasteiger partial charge in [-0.3, -0.25) is 9.69 Å². The lowest BCUT2D eigenvalue weighted by Crippen LogP contribution is -2.49. The molecular formula is C28H30N5O4-. The Bertz CT molecular complexity index is 1270. The third-order valence-electron chi connectivity index (χ3n) is 7.02. The van der Waals surface area contributed by atoms with Gasteiger partial charge in [0, 0.05) is 48.2 Å². The fourth-order valence-corrected chi connectivity index (χ4v) is 5.03. The number of amides is 2. The molecule has 2 heterocycles. The van der Waals surface area contributed by atoms with E-state index in [1.807, 2.05) is 54.0 Å². The van der Waals surface area contributed by atoms with Gasteiger partial charge in [0.05, 0.1) is 11.4 Å². The highest BCUT2D eigenvalue weighted by molar-refractivity contribution is 5.96. The van der Waals surface area contributed by atoms with Gasteiger partial charge in [0.25, 0.3) is 5.91 Å². The molecule has 2 aliphatic rings. The van der Waals surface area contributed by atoms with E-state index in [1.54, 1.807) is 23.1 Å². The number of ether oxygens (including phenoxy) is 1. The van der Waals surface area contributed by atoms with E-state index in [9.17, 15) is 14.8 Å². The first-order valence-electron chi connectivity index (χ1n) is 12.5. The molecule has 0 aliphatic carbocycles. The molecule has 0 unspecified atom stereocenters. The third kappa shape index (κ3) is 5.31. The van der Waals surface area contributed by atoms with Crippen molar-refractivity contribution in [3.05, 3.63) is 88.6 Å². The van der Waals surface area contributed by atoms with E-state index < -0.39 is 0 Å². The maximum Gasteiger partial charge on any atom is 0.414 e. The SMILES string of the molecule is Nc1ccc(CCNC(=O)c2ccc(N3CCC(N4C(=O)OCc5ccccc54)CC3)c(N[O-])c2)cc1. The van der Waals surface area contributed by atoms with Crippen molar-refractivity contribution in [3.8, 4) is 0 Å². The molecular weight excluding hydrogens is 470 g/mol. The molecule has 37 heavy (non-hydrogen) atoms. The summed E-state index contributed by atoms with van der Waals surface area (Å²) in [7, 11) is 0. The smallest absolute Gasteiger partial charge is 0.414 e. The van der Waals surface area contributed by atoms with Crippen LogP contribution in [0.15, 0.2) is 66.7 Å². The van der Waals surface area contributed by atoms with Gasteiger partial charge in [-0.25, -0.2) is 4.79 Å². The van der Waals surface area contributed by atoms with Crippen LogP contribution in [0.5, 0.6) is 0 Å². The number of nitrogens with two attached hydrogens (primary N) is 1. The molecule has 0 atom stereocenters. The largest absolute Gasteiger partial charge is 0.761 e. The van der Waals surface area contributed by atoms with E-state index in [-0.39, 0.29) is 18.0 Å². The zero-order valence-corrected chi connectivity index (χ0v) is 20.5. The normalized spacial score (nSPS) is 15.6. The van der Waals surface area contributed by atoms with E-state index in [2.05, 4.69) is 10.2 Å².